The van der Waals surface area contributed by atoms with E-state index in [1.807, 2.05) is 19.9 Å². The molecule has 0 spiro atoms. The SMILES string of the molecule is COC(=O)[C@H](C)[C@H]1OC(=O)C=C2C1=C[C@H]1OC(=O)[C@@]3(C)C[C@H](O)C[C@@]2(C)[C@@H]13. The highest BCUT2D eigenvalue weighted by Crippen LogP contribution is 2.64. The Morgan fingerprint density at radius 1 is 1.26 bits per heavy atom. The van der Waals surface area contributed by atoms with Gasteiger partial charge in [-0.3, -0.25) is 9.59 Å². The minimum Gasteiger partial charge on any atom is -0.469 e. The molecule has 2 fully saturated rings. The van der Waals surface area contributed by atoms with Crippen molar-refractivity contribution in [2.75, 3.05) is 7.11 Å². The van der Waals surface area contributed by atoms with E-state index in [2.05, 4.69) is 0 Å². The predicted molar refractivity (Wildman–Crippen MR) is 92.1 cm³/mol. The Balaban J connectivity index is 1.87. The van der Waals surface area contributed by atoms with Gasteiger partial charge in [0.1, 0.15) is 12.2 Å². The number of ether oxygens (including phenoxy) is 3. The first-order chi connectivity index (χ1) is 12.6. The Morgan fingerprint density at radius 3 is 2.59 bits per heavy atom. The highest BCUT2D eigenvalue weighted by Gasteiger charge is 2.67. The van der Waals surface area contributed by atoms with Crippen LogP contribution < -0.4 is 0 Å². The van der Waals surface area contributed by atoms with Crippen LogP contribution in [0.1, 0.15) is 33.6 Å². The summed E-state index contributed by atoms with van der Waals surface area (Å²) in [4.78, 5) is 37.1. The lowest BCUT2D eigenvalue weighted by atomic mass is 9.49. The van der Waals surface area contributed by atoms with Crippen LogP contribution in [0.5, 0.6) is 0 Å². The van der Waals surface area contributed by atoms with Gasteiger partial charge in [0.2, 0.25) is 0 Å². The third-order valence-electron chi connectivity index (χ3n) is 6.84. The van der Waals surface area contributed by atoms with E-state index in [1.165, 1.54) is 13.2 Å². The van der Waals surface area contributed by atoms with Crippen LogP contribution in [0.15, 0.2) is 23.3 Å². The fourth-order valence-electron chi connectivity index (χ4n) is 5.79. The maximum atomic E-state index is 12.6. The average Bonchev–Trinajstić information content (AvgIpc) is 2.84. The Kier molecular flexibility index (Phi) is 3.83. The number of carbonyl (C=O) groups is 3. The zero-order valence-corrected chi connectivity index (χ0v) is 15.9. The van der Waals surface area contributed by atoms with Crippen molar-refractivity contribution in [3.8, 4) is 0 Å². The number of hydrogen-bond donors (Lipinski definition) is 1. The number of aliphatic hydroxyl groups is 1. The van der Waals surface area contributed by atoms with Crippen molar-refractivity contribution in [3.05, 3.63) is 23.3 Å². The zero-order chi connectivity index (χ0) is 19.7. The van der Waals surface area contributed by atoms with E-state index in [1.54, 1.807) is 6.92 Å². The molecule has 1 saturated carbocycles. The summed E-state index contributed by atoms with van der Waals surface area (Å²) in [6.45, 7) is 5.43. The molecule has 1 N–H and O–H groups in total. The van der Waals surface area contributed by atoms with Crippen LogP contribution in [0.2, 0.25) is 0 Å². The van der Waals surface area contributed by atoms with Gasteiger partial charge in [-0.15, -0.1) is 0 Å². The first-order valence-corrected chi connectivity index (χ1v) is 9.23. The Hall–Kier alpha value is -2.15. The lowest BCUT2D eigenvalue weighted by Gasteiger charge is -2.54. The van der Waals surface area contributed by atoms with Crippen LogP contribution in [0.4, 0.5) is 0 Å². The molecule has 0 unspecified atom stereocenters. The van der Waals surface area contributed by atoms with Crippen LogP contribution in [-0.2, 0) is 28.6 Å². The minimum atomic E-state index is -0.815. The summed E-state index contributed by atoms with van der Waals surface area (Å²) < 4.78 is 16.0. The van der Waals surface area contributed by atoms with Crippen LogP contribution >= 0.6 is 0 Å². The number of fused-ring (bicyclic) bond motifs is 2. The number of carbonyl (C=O) groups excluding carboxylic acids is 3. The maximum Gasteiger partial charge on any atom is 0.331 e. The lowest BCUT2D eigenvalue weighted by Crippen LogP contribution is -2.55. The van der Waals surface area contributed by atoms with Crippen LogP contribution in [0.3, 0.4) is 0 Å². The molecule has 146 valence electrons. The Morgan fingerprint density at radius 2 is 1.93 bits per heavy atom. The van der Waals surface area contributed by atoms with E-state index in [-0.39, 0.29) is 11.9 Å². The molecule has 7 heteroatoms. The van der Waals surface area contributed by atoms with E-state index >= 15 is 0 Å². The fraction of sp³-hybridized carbons (Fsp3) is 0.650. The molecule has 0 aromatic rings. The summed E-state index contributed by atoms with van der Waals surface area (Å²) in [5.74, 6) is -2.24. The standard InChI is InChI=1S/C20H24O7/c1-9(17(23)25-4)15-11-5-13-16-19(2,12(11)6-14(22)27-15)7-10(21)8-20(16,3)18(24)26-13/h5-6,9-10,13,15-16,21H,7-8H2,1-4H3/t9-,10-,13-,15-,16-,19-,20+/m1/s1. The van der Waals surface area contributed by atoms with Gasteiger partial charge in [0.25, 0.3) is 0 Å². The highest BCUT2D eigenvalue weighted by atomic mass is 16.6. The molecule has 0 bridgehead atoms. The number of esters is 3. The molecule has 4 rings (SSSR count). The molecule has 0 aromatic carbocycles. The van der Waals surface area contributed by atoms with Gasteiger partial charge in [-0.05, 0) is 43.9 Å². The second-order valence-electron chi connectivity index (χ2n) is 8.59. The lowest BCUT2D eigenvalue weighted by molar-refractivity contribution is -0.155. The molecule has 7 atom stereocenters. The fourth-order valence-corrected chi connectivity index (χ4v) is 5.79. The topological polar surface area (TPSA) is 99.1 Å². The Bertz CT molecular complexity index is 796. The first kappa shape index (κ1) is 18.2. The van der Waals surface area contributed by atoms with Crippen LogP contribution in [0, 0.1) is 22.7 Å². The molecule has 2 heterocycles. The van der Waals surface area contributed by atoms with Gasteiger partial charge < -0.3 is 19.3 Å². The molecular weight excluding hydrogens is 352 g/mol. The summed E-state index contributed by atoms with van der Waals surface area (Å²) in [7, 11) is 1.29. The smallest absolute Gasteiger partial charge is 0.331 e. The number of hydrogen-bond acceptors (Lipinski definition) is 7. The first-order valence-electron chi connectivity index (χ1n) is 9.23. The van der Waals surface area contributed by atoms with E-state index < -0.39 is 47.0 Å². The van der Waals surface area contributed by atoms with Gasteiger partial charge in [0.05, 0.1) is 24.5 Å². The van der Waals surface area contributed by atoms with Gasteiger partial charge in [0, 0.05) is 17.4 Å². The molecule has 0 amide bonds. The van der Waals surface area contributed by atoms with Crippen molar-refractivity contribution in [2.24, 2.45) is 22.7 Å². The van der Waals surface area contributed by atoms with Crippen molar-refractivity contribution in [1.82, 2.24) is 0 Å². The van der Waals surface area contributed by atoms with Gasteiger partial charge in [-0.1, -0.05) is 6.92 Å². The minimum absolute atomic E-state index is 0.184. The molecule has 2 aliphatic carbocycles. The summed E-state index contributed by atoms with van der Waals surface area (Å²) in [6.07, 6.45) is 2.03. The van der Waals surface area contributed by atoms with E-state index in [4.69, 9.17) is 14.2 Å². The molecule has 4 aliphatic rings. The van der Waals surface area contributed by atoms with E-state index in [9.17, 15) is 19.5 Å². The number of rotatable bonds is 2. The van der Waals surface area contributed by atoms with Gasteiger partial charge in [-0.25, -0.2) is 4.79 Å². The van der Waals surface area contributed by atoms with Crippen molar-refractivity contribution < 1.29 is 33.7 Å². The van der Waals surface area contributed by atoms with E-state index in [0.29, 0.717) is 18.4 Å². The molecule has 1 saturated heterocycles. The monoisotopic (exact) mass is 376 g/mol. The number of aliphatic hydroxyl groups excluding tert-OH is 1. The molecule has 0 radical (unpaired) electrons. The molecule has 2 aliphatic heterocycles. The van der Waals surface area contributed by atoms with Crippen LogP contribution in [0.25, 0.3) is 0 Å². The van der Waals surface area contributed by atoms with Gasteiger partial charge >= 0.3 is 17.9 Å². The predicted octanol–water partition coefficient (Wildman–Crippen LogP) is 1.30. The summed E-state index contributed by atoms with van der Waals surface area (Å²) in [6, 6.07) is 0. The third kappa shape index (κ3) is 2.33. The largest absolute Gasteiger partial charge is 0.469 e. The second kappa shape index (κ2) is 5.67. The summed E-state index contributed by atoms with van der Waals surface area (Å²) in [5, 5.41) is 10.5. The van der Waals surface area contributed by atoms with Crippen LogP contribution in [-0.4, -0.2) is 48.4 Å². The van der Waals surface area contributed by atoms with Crippen molar-refractivity contribution >= 4 is 17.9 Å². The molecule has 7 nitrogen and oxygen atoms in total. The summed E-state index contributed by atoms with van der Waals surface area (Å²) >= 11 is 0. The van der Waals surface area contributed by atoms with Gasteiger partial charge in [-0.2, -0.15) is 0 Å². The van der Waals surface area contributed by atoms with E-state index in [0.717, 1.165) is 5.57 Å². The molecule has 27 heavy (non-hydrogen) atoms. The zero-order valence-electron chi connectivity index (χ0n) is 15.9. The quantitative estimate of drug-likeness (QED) is 0.573. The number of cyclic esters (lactones) is 1. The second-order valence-corrected chi connectivity index (χ2v) is 8.59. The average molecular weight is 376 g/mol. The van der Waals surface area contributed by atoms with Crippen molar-refractivity contribution in [2.45, 2.75) is 51.9 Å². The molecular formula is C20H24O7. The highest BCUT2D eigenvalue weighted by molar-refractivity contribution is 5.89. The molecule has 0 aromatic heterocycles. The number of methoxy groups -OCH3 is 1. The summed E-state index contributed by atoms with van der Waals surface area (Å²) in [5.41, 5.74) is -0.0579. The van der Waals surface area contributed by atoms with Crippen molar-refractivity contribution in [1.29, 1.82) is 0 Å². The normalized spacial score (nSPS) is 43.4. The van der Waals surface area contributed by atoms with Gasteiger partial charge in [0.15, 0.2) is 0 Å². The maximum absolute atomic E-state index is 12.6. The third-order valence-corrected chi connectivity index (χ3v) is 6.84. The Labute approximate surface area is 157 Å². The van der Waals surface area contributed by atoms with Crippen molar-refractivity contribution in [3.63, 3.8) is 0 Å².